The molecule has 36 heavy (non-hydrogen) atoms. The zero-order valence-electron chi connectivity index (χ0n) is 18.7. The second-order valence-electron chi connectivity index (χ2n) is 7.90. The third-order valence-electron chi connectivity index (χ3n) is 5.53. The van der Waals surface area contributed by atoms with Gasteiger partial charge >= 0.3 is 0 Å². The Morgan fingerprint density at radius 1 is 1.03 bits per heavy atom. The normalized spacial score (nSPS) is 11.2. The number of halogens is 1. The van der Waals surface area contributed by atoms with Crippen molar-refractivity contribution in [3.05, 3.63) is 116 Å². The maximum atomic E-state index is 12.7. The minimum Gasteiger partial charge on any atom is -0.488 e. The smallest absolute Gasteiger partial charge is 0.281 e. The average Bonchev–Trinajstić information content (AvgIpc) is 3.32. The molecule has 0 atom stereocenters. The zero-order valence-corrected chi connectivity index (χ0v) is 20.3. The van der Waals surface area contributed by atoms with Gasteiger partial charge in [0.1, 0.15) is 12.4 Å². The molecule has 0 saturated heterocycles. The fourth-order valence-corrected chi connectivity index (χ4v) is 4.80. The molecule has 7 nitrogen and oxygen atoms in total. The minimum atomic E-state index is -0.460. The highest BCUT2D eigenvalue weighted by Gasteiger charge is 2.13. The van der Waals surface area contributed by atoms with Gasteiger partial charge in [0.15, 0.2) is 0 Å². The van der Waals surface area contributed by atoms with Crippen molar-refractivity contribution in [1.29, 1.82) is 0 Å². The summed E-state index contributed by atoms with van der Waals surface area (Å²) in [4.78, 5) is 23.7. The highest BCUT2D eigenvalue weighted by atomic mass is 35.5. The summed E-state index contributed by atoms with van der Waals surface area (Å²) in [7, 11) is 0. The maximum absolute atomic E-state index is 12.7. The molecule has 0 unspecified atom stereocenters. The number of thiophene rings is 1. The molecule has 5 aromatic rings. The van der Waals surface area contributed by atoms with E-state index >= 15 is 0 Å². The molecule has 0 bridgehead atoms. The summed E-state index contributed by atoms with van der Waals surface area (Å²) >= 11 is 7.21. The molecule has 0 radical (unpaired) electrons. The Bertz CT molecular complexity index is 1630. The van der Waals surface area contributed by atoms with Crippen LogP contribution in [0.5, 0.6) is 5.75 Å². The minimum absolute atomic E-state index is 0.0210. The molecular weight excluding hydrogens is 498 g/mol. The van der Waals surface area contributed by atoms with E-state index in [4.69, 9.17) is 16.3 Å². The lowest BCUT2D eigenvalue weighted by Gasteiger charge is -2.12. The first-order valence-electron chi connectivity index (χ1n) is 10.9. The topological polar surface area (TPSA) is 93.8 Å². The van der Waals surface area contributed by atoms with E-state index in [1.807, 2.05) is 60.7 Å². The molecule has 0 saturated carbocycles. The van der Waals surface area contributed by atoms with Gasteiger partial charge in [0.05, 0.1) is 16.0 Å². The summed E-state index contributed by atoms with van der Waals surface area (Å²) in [5, 5.41) is 18.4. The second-order valence-corrected chi connectivity index (χ2v) is 9.42. The first-order valence-corrected chi connectivity index (χ1v) is 12.1. The van der Waals surface area contributed by atoms with Crippen molar-refractivity contribution in [3.63, 3.8) is 0 Å². The summed E-state index contributed by atoms with van der Waals surface area (Å²) in [5.41, 5.74) is 4.23. The first-order chi connectivity index (χ1) is 17.5. The largest absolute Gasteiger partial charge is 0.488 e. The predicted molar refractivity (Wildman–Crippen MR) is 143 cm³/mol. The van der Waals surface area contributed by atoms with Crippen molar-refractivity contribution in [1.82, 2.24) is 5.43 Å². The Labute approximate surface area is 214 Å². The molecule has 9 heteroatoms. The molecule has 5 rings (SSSR count). The summed E-state index contributed by atoms with van der Waals surface area (Å²) in [5.74, 6) is 0.217. The van der Waals surface area contributed by atoms with Crippen LogP contribution in [0, 0.1) is 10.1 Å². The van der Waals surface area contributed by atoms with Gasteiger partial charge in [-0.2, -0.15) is 5.10 Å². The van der Waals surface area contributed by atoms with Crippen LogP contribution < -0.4 is 10.2 Å². The summed E-state index contributed by atoms with van der Waals surface area (Å²) in [6.45, 7) is 0.344. The molecule has 0 aliphatic rings. The Morgan fingerprint density at radius 2 is 1.83 bits per heavy atom. The van der Waals surface area contributed by atoms with Crippen molar-refractivity contribution >= 4 is 61.6 Å². The third kappa shape index (κ3) is 5.05. The van der Waals surface area contributed by atoms with E-state index in [0.29, 0.717) is 27.6 Å². The fourth-order valence-electron chi connectivity index (χ4n) is 3.74. The van der Waals surface area contributed by atoms with Gasteiger partial charge in [-0.15, -0.1) is 11.3 Å². The number of nitrogens with zero attached hydrogens (tertiary/aromatic N) is 2. The van der Waals surface area contributed by atoms with Crippen LogP contribution >= 0.6 is 22.9 Å². The van der Waals surface area contributed by atoms with Gasteiger partial charge in [0.25, 0.3) is 11.6 Å². The van der Waals surface area contributed by atoms with Crippen LogP contribution in [0.4, 0.5) is 5.69 Å². The van der Waals surface area contributed by atoms with Crippen molar-refractivity contribution in [2.24, 2.45) is 5.10 Å². The molecule has 1 aromatic heterocycles. The molecule has 0 spiro atoms. The third-order valence-corrected chi connectivity index (χ3v) is 6.90. The van der Waals surface area contributed by atoms with E-state index in [0.717, 1.165) is 26.6 Å². The number of nitro groups is 1. The lowest BCUT2D eigenvalue weighted by molar-refractivity contribution is -0.384. The van der Waals surface area contributed by atoms with Crippen LogP contribution in [-0.2, 0) is 6.61 Å². The monoisotopic (exact) mass is 515 g/mol. The van der Waals surface area contributed by atoms with Gasteiger partial charge in [-0.05, 0) is 46.7 Å². The van der Waals surface area contributed by atoms with E-state index < -0.39 is 10.8 Å². The first kappa shape index (κ1) is 23.5. The number of hydrazone groups is 1. The molecule has 178 valence electrons. The summed E-state index contributed by atoms with van der Waals surface area (Å²) in [6.07, 6.45) is 1.57. The quantitative estimate of drug-likeness (QED) is 0.144. The maximum Gasteiger partial charge on any atom is 0.281 e. The number of non-ortho nitro benzene ring substituents is 1. The van der Waals surface area contributed by atoms with Crippen LogP contribution in [0.25, 0.3) is 20.9 Å². The Balaban J connectivity index is 1.38. The molecule has 1 amide bonds. The number of ether oxygens (including phenoxy) is 1. The lowest BCUT2D eigenvalue weighted by Crippen LogP contribution is -2.16. The molecule has 1 heterocycles. The number of rotatable bonds is 7. The average molecular weight is 516 g/mol. The number of amides is 1. The van der Waals surface area contributed by atoms with E-state index in [1.54, 1.807) is 18.3 Å². The molecule has 1 N–H and O–H groups in total. The van der Waals surface area contributed by atoms with Crippen LogP contribution in [0.3, 0.4) is 0 Å². The number of benzene rings is 4. The van der Waals surface area contributed by atoms with Crippen molar-refractivity contribution < 1.29 is 14.5 Å². The van der Waals surface area contributed by atoms with E-state index in [2.05, 4.69) is 10.5 Å². The molecule has 0 fully saturated rings. The standard InChI is InChI=1S/C27H18ClN3O4S/c28-20-8-5-17(6-9-20)16-35-24-11-7-18-3-1-2-4-22(18)23(24)15-29-30-27(32)26-14-19-13-21(31(33)34)10-12-25(19)36-26/h1-15H,16H2,(H,30,32)/b29-15-. The van der Waals surface area contributed by atoms with Gasteiger partial charge in [-0.3, -0.25) is 14.9 Å². The van der Waals surface area contributed by atoms with Crippen LogP contribution in [0.1, 0.15) is 20.8 Å². The fraction of sp³-hybridized carbons (Fsp3) is 0.0370. The number of fused-ring (bicyclic) bond motifs is 2. The number of carbonyl (C=O) groups is 1. The van der Waals surface area contributed by atoms with Gasteiger partial charge in [-0.1, -0.05) is 54.1 Å². The molecular formula is C27H18ClN3O4S. The van der Waals surface area contributed by atoms with Gasteiger partial charge in [0, 0.05) is 32.8 Å². The summed E-state index contributed by atoms with van der Waals surface area (Å²) in [6, 6.07) is 25.2. The molecule has 4 aromatic carbocycles. The number of hydrogen-bond donors (Lipinski definition) is 1. The van der Waals surface area contributed by atoms with Crippen LogP contribution in [0.2, 0.25) is 5.02 Å². The van der Waals surface area contributed by atoms with Crippen LogP contribution in [0.15, 0.2) is 90.0 Å². The Morgan fingerprint density at radius 3 is 2.64 bits per heavy atom. The van der Waals surface area contributed by atoms with E-state index in [1.165, 1.54) is 23.5 Å². The molecule has 0 aliphatic carbocycles. The highest BCUT2D eigenvalue weighted by Crippen LogP contribution is 2.30. The molecule has 0 aliphatic heterocycles. The van der Waals surface area contributed by atoms with Gasteiger partial charge < -0.3 is 4.74 Å². The number of nitrogens with one attached hydrogen (secondary N) is 1. The number of nitro benzene ring substituents is 1. The number of carbonyl (C=O) groups excluding carboxylic acids is 1. The SMILES string of the molecule is O=C(N/N=C\c1c(OCc2ccc(Cl)cc2)ccc2ccccc12)c1cc2cc([N+](=O)[O-])ccc2s1. The van der Waals surface area contributed by atoms with Crippen molar-refractivity contribution in [2.45, 2.75) is 6.61 Å². The van der Waals surface area contributed by atoms with Crippen molar-refractivity contribution in [3.8, 4) is 5.75 Å². The lowest BCUT2D eigenvalue weighted by atomic mass is 10.0. The summed E-state index contributed by atoms with van der Waals surface area (Å²) < 4.78 is 6.86. The Kier molecular flexibility index (Phi) is 6.62. The Hall–Kier alpha value is -4.27. The predicted octanol–water partition coefficient (Wildman–Crippen LogP) is 6.96. The number of hydrogen-bond acceptors (Lipinski definition) is 6. The van der Waals surface area contributed by atoms with Gasteiger partial charge in [-0.25, -0.2) is 5.43 Å². The zero-order chi connectivity index (χ0) is 25.1. The van der Waals surface area contributed by atoms with Crippen molar-refractivity contribution in [2.75, 3.05) is 0 Å². The highest BCUT2D eigenvalue weighted by molar-refractivity contribution is 7.20. The second kappa shape index (κ2) is 10.2. The van der Waals surface area contributed by atoms with E-state index in [-0.39, 0.29) is 5.69 Å². The van der Waals surface area contributed by atoms with E-state index in [9.17, 15) is 14.9 Å². The van der Waals surface area contributed by atoms with Gasteiger partial charge in [0.2, 0.25) is 0 Å². The van der Waals surface area contributed by atoms with Crippen LogP contribution in [-0.4, -0.2) is 17.0 Å².